The molecule has 0 aliphatic rings. The summed E-state index contributed by atoms with van der Waals surface area (Å²) >= 11 is 0. The van der Waals surface area contributed by atoms with Crippen molar-refractivity contribution in [3.63, 3.8) is 0 Å². The first-order valence-corrected chi connectivity index (χ1v) is 11.2. The van der Waals surface area contributed by atoms with Crippen molar-refractivity contribution in [1.82, 2.24) is 0 Å². The highest BCUT2D eigenvalue weighted by atomic mass is 14.0. The Labute approximate surface area is 154 Å². The molecule has 0 saturated heterocycles. The third-order valence-corrected chi connectivity index (χ3v) is 4.96. The maximum absolute atomic E-state index is 2.43. The van der Waals surface area contributed by atoms with Crippen molar-refractivity contribution < 1.29 is 0 Å². The normalized spacial score (nSPS) is 12.4. The van der Waals surface area contributed by atoms with E-state index >= 15 is 0 Å². The first kappa shape index (κ1) is 23.5. The van der Waals surface area contributed by atoms with Crippen LogP contribution in [0.3, 0.4) is 0 Å². The Kier molecular flexibility index (Phi) is 20.1. The van der Waals surface area contributed by atoms with Crippen LogP contribution in [-0.4, -0.2) is 0 Å². The molecular formula is C24H46. The summed E-state index contributed by atoms with van der Waals surface area (Å²) in [5, 5.41) is 0. The average Bonchev–Trinajstić information content (AvgIpc) is 2.60. The Morgan fingerprint density at radius 1 is 0.583 bits per heavy atom. The van der Waals surface area contributed by atoms with Crippen molar-refractivity contribution in [2.24, 2.45) is 0 Å². The molecular weight excluding hydrogens is 288 g/mol. The molecule has 0 radical (unpaired) electrons. The third kappa shape index (κ3) is 17.8. The summed E-state index contributed by atoms with van der Waals surface area (Å²) < 4.78 is 0. The molecule has 0 aromatic carbocycles. The van der Waals surface area contributed by atoms with Gasteiger partial charge in [-0.25, -0.2) is 0 Å². The molecule has 0 spiro atoms. The van der Waals surface area contributed by atoms with E-state index in [2.05, 4.69) is 39.0 Å². The second-order valence-electron chi connectivity index (χ2n) is 7.31. The predicted octanol–water partition coefficient (Wildman–Crippen LogP) is 9.16. The number of allylic oxidation sites excluding steroid dienone is 4. The Balaban J connectivity index is 3.22. The van der Waals surface area contributed by atoms with Crippen LogP contribution >= 0.6 is 0 Å². The molecule has 0 aromatic rings. The molecule has 24 heavy (non-hydrogen) atoms. The zero-order chi connectivity index (χ0) is 17.7. The van der Waals surface area contributed by atoms with Crippen molar-refractivity contribution in [1.29, 1.82) is 0 Å². The van der Waals surface area contributed by atoms with Gasteiger partial charge in [0.2, 0.25) is 0 Å². The Morgan fingerprint density at radius 2 is 1.08 bits per heavy atom. The molecule has 0 aliphatic heterocycles. The van der Waals surface area contributed by atoms with E-state index in [1.807, 2.05) is 0 Å². The summed E-state index contributed by atoms with van der Waals surface area (Å²) in [6, 6.07) is 0. The van der Waals surface area contributed by atoms with Gasteiger partial charge in [0, 0.05) is 0 Å². The molecule has 0 aliphatic carbocycles. The first-order valence-electron chi connectivity index (χ1n) is 11.2. The van der Waals surface area contributed by atoms with Crippen LogP contribution in [0.25, 0.3) is 0 Å². The Morgan fingerprint density at radius 3 is 1.58 bits per heavy atom. The maximum atomic E-state index is 2.43. The highest BCUT2D eigenvalue weighted by molar-refractivity contribution is 5.00. The molecule has 0 heterocycles. The molecule has 0 nitrogen and oxygen atoms in total. The molecule has 0 bridgehead atoms. The summed E-state index contributed by atoms with van der Waals surface area (Å²) in [5.41, 5.74) is 1.67. The second-order valence-corrected chi connectivity index (χ2v) is 7.31. The summed E-state index contributed by atoms with van der Waals surface area (Å²) in [7, 11) is 0. The standard InChI is InChI=1S/C24H46/c1-4-7-8-9-10-11-12-13-14-15-16-17-18-19-20-21-23-24(6-3)22-5-2/h13-14,22H,4-12,15-21,23H2,1-3H3/b14-13-,24-22?. The van der Waals surface area contributed by atoms with Gasteiger partial charge < -0.3 is 0 Å². The second kappa shape index (κ2) is 20.5. The highest BCUT2D eigenvalue weighted by Gasteiger charge is 1.95. The van der Waals surface area contributed by atoms with Crippen LogP contribution in [0.15, 0.2) is 23.8 Å². The largest absolute Gasteiger partial charge is 0.0885 e. The lowest BCUT2D eigenvalue weighted by atomic mass is 10.0. The fourth-order valence-electron chi connectivity index (χ4n) is 3.31. The molecule has 0 unspecified atom stereocenters. The van der Waals surface area contributed by atoms with Gasteiger partial charge in [-0.2, -0.15) is 0 Å². The smallest absolute Gasteiger partial charge is 0.0320 e. The third-order valence-electron chi connectivity index (χ3n) is 4.96. The van der Waals surface area contributed by atoms with Gasteiger partial charge in [0.1, 0.15) is 0 Å². The van der Waals surface area contributed by atoms with E-state index in [9.17, 15) is 0 Å². The SMILES string of the molecule is CCC=C(CC)CCCCCCCC/C=C\CCCCCCCC. The van der Waals surface area contributed by atoms with Crippen LogP contribution in [0, 0.1) is 0 Å². The lowest BCUT2D eigenvalue weighted by molar-refractivity contribution is 0.592. The van der Waals surface area contributed by atoms with Crippen LogP contribution in [0.1, 0.15) is 130 Å². The molecule has 0 aromatic heterocycles. The van der Waals surface area contributed by atoms with E-state index in [1.165, 1.54) is 109 Å². The highest BCUT2D eigenvalue weighted by Crippen LogP contribution is 2.15. The Bertz CT molecular complexity index is 284. The summed E-state index contributed by atoms with van der Waals surface area (Å²) in [6.45, 7) is 6.83. The fraction of sp³-hybridized carbons (Fsp3) is 0.833. The van der Waals surface area contributed by atoms with E-state index in [0.29, 0.717) is 0 Å². The van der Waals surface area contributed by atoms with Crippen molar-refractivity contribution in [3.05, 3.63) is 23.8 Å². The van der Waals surface area contributed by atoms with E-state index in [1.54, 1.807) is 5.57 Å². The predicted molar refractivity (Wildman–Crippen MR) is 113 cm³/mol. The van der Waals surface area contributed by atoms with Crippen LogP contribution in [0.5, 0.6) is 0 Å². The summed E-state index contributed by atoms with van der Waals surface area (Å²) in [6.07, 6.45) is 30.7. The van der Waals surface area contributed by atoms with Gasteiger partial charge in [0.25, 0.3) is 0 Å². The lowest BCUT2D eigenvalue weighted by Crippen LogP contribution is -1.84. The van der Waals surface area contributed by atoms with Gasteiger partial charge in [-0.1, -0.05) is 102 Å². The minimum atomic E-state index is 1.20. The van der Waals surface area contributed by atoms with Gasteiger partial charge in [0.15, 0.2) is 0 Å². The number of hydrogen-bond acceptors (Lipinski definition) is 0. The van der Waals surface area contributed by atoms with E-state index in [0.717, 1.165) is 0 Å². The van der Waals surface area contributed by atoms with Crippen molar-refractivity contribution in [2.75, 3.05) is 0 Å². The minimum absolute atomic E-state index is 1.20. The topological polar surface area (TPSA) is 0 Å². The van der Waals surface area contributed by atoms with E-state index in [-0.39, 0.29) is 0 Å². The Hall–Kier alpha value is -0.520. The van der Waals surface area contributed by atoms with Gasteiger partial charge in [-0.15, -0.1) is 0 Å². The fourth-order valence-corrected chi connectivity index (χ4v) is 3.31. The van der Waals surface area contributed by atoms with Crippen molar-refractivity contribution in [2.45, 2.75) is 130 Å². The molecule has 0 amide bonds. The number of unbranched alkanes of at least 4 members (excludes halogenated alkanes) is 12. The summed E-state index contributed by atoms with van der Waals surface area (Å²) in [4.78, 5) is 0. The molecule has 0 heteroatoms. The zero-order valence-corrected chi connectivity index (χ0v) is 17.3. The van der Waals surface area contributed by atoms with Crippen LogP contribution in [-0.2, 0) is 0 Å². The van der Waals surface area contributed by atoms with Gasteiger partial charge in [0.05, 0.1) is 0 Å². The minimum Gasteiger partial charge on any atom is -0.0885 e. The van der Waals surface area contributed by atoms with Crippen molar-refractivity contribution >= 4 is 0 Å². The molecule has 0 N–H and O–H groups in total. The zero-order valence-electron chi connectivity index (χ0n) is 17.3. The quantitative estimate of drug-likeness (QED) is 0.173. The van der Waals surface area contributed by atoms with Crippen molar-refractivity contribution in [3.8, 4) is 0 Å². The van der Waals surface area contributed by atoms with Gasteiger partial charge in [-0.3, -0.25) is 0 Å². The molecule has 0 atom stereocenters. The maximum Gasteiger partial charge on any atom is -0.0320 e. The monoisotopic (exact) mass is 334 g/mol. The molecule has 0 fully saturated rings. The van der Waals surface area contributed by atoms with E-state index < -0.39 is 0 Å². The van der Waals surface area contributed by atoms with Crippen LogP contribution in [0.2, 0.25) is 0 Å². The number of hydrogen-bond donors (Lipinski definition) is 0. The van der Waals surface area contributed by atoms with Gasteiger partial charge >= 0.3 is 0 Å². The molecule has 0 rings (SSSR count). The summed E-state index contributed by atoms with van der Waals surface area (Å²) in [5.74, 6) is 0. The van der Waals surface area contributed by atoms with Gasteiger partial charge in [-0.05, 0) is 51.4 Å². The van der Waals surface area contributed by atoms with E-state index in [4.69, 9.17) is 0 Å². The molecule has 142 valence electrons. The number of rotatable bonds is 18. The lowest BCUT2D eigenvalue weighted by Gasteiger charge is -2.04. The molecule has 0 saturated carbocycles. The first-order chi connectivity index (χ1) is 11.8. The van der Waals surface area contributed by atoms with Crippen LogP contribution < -0.4 is 0 Å². The van der Waals surface area contributed by atoms with Crippen LogP contribution in [0.4, 0.5) is 0 Å². The average molecular weight is 335 g/mol.